The molecule has 1 aromatic rings. The average Bonchev–Trinajstić information content (AvgIpc) is 2.23. The number of rotatable bonds is 3. The van der Waals surface area contributed by atoms with Gasteiger partial charge in [0.2, 0.25) is 0 Å². The molecule has 16 heavy (non-hydrogen) atoms. The molecule has 0 aliphatic carbocycles. The van der Waals surface area contributed by atoms with Gasteiger partial charge in [-0.1, -0.05) is 31.0 Å². The maximum absolute atomic E-state index is 7.87. The zero-order valence-corrected chi connectivity index (χ0v) is 10.8. The van der Waals surface area contributed by atoms with Crippen LogP contribution in [0.4, 0.5) is 0 Å². The third kappa shape index (κ3) is 5.08. The van der Waals surface area contributed by atoms with E-state index in [9.17, 15) is 0 Å². The van der Waals surface area contributed by atoms with Crippen molar-refractivity contribution in [3.8, 4) is 0 Å². The lowest BCUT2D eigenvalue weighted by molar-refractivity contribution is 0.318. The van der Waals surface area contributed by atoms with E-state index in [1.54, 1.807) is 6.92 Å². The first-order chi connectivity index (χ1) is 7.56. The monoisotopic (exact) mass is 221 g/mol. The lowest BCUT2D eigenvalue weighted by Gasteiger charge is -2.07. The summed E-state index contributed by atoms with van der Waals surface area (Å²) in [6, 6.07) is 6.29. The number of aryl methyl sites for hydroxylation is 2. The van der Waals surface area contributed by atoms with E-state index >= 15 is 0 Å². The molecule has 0 unspecified atom stereocenters. The van der Waals surface area contributed by atoms with Gasteiger partial charge in [-0.3, -0.25) is 0 Å². The molecule has 0 saturated carbocycles. The first-order valence-corrected chi connectivity index (χ1v) is 5.82. The zero-order chi connectivity index (χ0) is 12.6. The highest BCUT2D eigenvalue weighted by molar-refractivity contribution is 5.99. The van der Waals surface area contributed by atoms with Gasteiger partial charge in [0, 0.05) is 12.3 Å². The molecule has 0 bridgehead atoms. The summed E-state index contributed by atoms with van der Waals surface area (Å²) in [5, 5.41) is 15.4. The first kappa shape index (κ1) is 14.8. The summed E-state index contributed by atoms with van der Waals surface area (Å²) >= 11 is 0. The second kappa shape index (κ2) is 8.05. The Morgan fingerprint density at radius 3 is 2.31 bits per heavy atom. The molecule has 0 aromatic heterocycles. The molecule has 1 aromatic carbocycles. The minimum atomic E-state index is 0.250. The van der Waals surface area contributed by atoms with Crippen LogP contribution < -0.4 is 0 Å². The third-order valence-electron chi connectivity index (χ3n) is 2.22. The number of hydrogen-bond acceptors (Lipinski definition) is 2. The van der Waals surface area contributed by atoms with Crippen LogP contribution >= 0.6 is 0 Å². The summed E-state index contributed by atoms with van der Waals surface area (Å²) in [7, 11) is 0. The lowest BCUT2D eigenvalue weighted by Crippen LogP contribution is -2.01. The van der Waals surface area contributed by atoms with Crippen molar-refractivity contribution in [1.29, 1.82) is 5.41 Å². The van der Waals surface area contributed by atoms with E-state index in [1.165, 1.54) is 11.1 Å². The van der Waals surface area contributed by atoms with E-state index in [1.807, 2.05) is 0 Å². The SMILES string of the molecule is CCCC(=N)c1cc(C)ccc1C.CCO. The van der Waals surface area contributed by atoms with Crippen molar-refractivity contribution in [2.45, 2.75) is 40.5 Å². The molecule has 0 aliphatic rings. The zero-order valence-electron chi connectivity index (χ0n) is 10.8. The van der Waals surface area contributed by atoms with Gasteiger partial charge in [-0.15, -0.1) is 0 Å². The van der Waals surface area contributed by atoms with Crippen molar-refractivity contribution in [2.24, 2.45) is 0 Å². The normalized spacial score (nSPS) is 9.31. The highest BCUT2D eigenvalue weighted by Crippen LogP contribution is 2.13. The van der Waals surface area contributed by atoms with E-state index < -0.39 is 0 Å². The lowest BCUT2D eigenvalue weighted by atomic mass is 9.99. The Balaban J connectivity index is 0.000000673. The molecular formula is C14H23NO. The minimum Gasteiger partial charge on any atom is -0.397 e. The van der Waals surface area contributed by atoms with Crippen LogP contribution in [-0.2, 0) is 0 Å². The predicted molar refractivity (Wildman–Crippen MR) is 70.4 cm³/mol. The molecular weight excluding hydrogens is 198 g/mol. The minimum absolute atomic E-state index is 0.250. The fourth-order valence-electron chi connectivity index (χ4n) is 1.45. The van der Waals surface area contributed by atoms with Crippen LogP contribution in [0.5, 0.6) is 0 Å². The Labute approximate surface area is 98.8 Å². The topological polar surface area (TPSA) is 44.1 Å². The number of aliphatic hydroxyl groups is 1. The molecule has 0 radical (unpaired) electrons. The summed E-state index contributed by atoms with van der Waals surface area (Å²) in [6.45, 7) is 8.18. The molecule has 2 N–H and O–H groups in total. The molecule has 0 amide bonds. The third-order valence-corrected chi connectivity index (χ3v) is 2.22. The number of aliphatic hydroxyl groups excluding tert-OH is 1. The molecule has 90 valence electrons. The molecule has 0 spiro atoms. The van der Waals surface area contributed by atoms with Gasteiger partial charge in [0.05, 0.1) is 0 Å². The highest BCUT2D eigenvalue weighted by atomic mass is 16.2. The van der Waals surface area contributed by atoms with Gasteiger partial charge < -0.3 is 10.5 Å². The van der Waals surface area contributed by atoms with Gasteiger partial charge in [-0.2, -0.15) is 0 Å². The van der Waals surface area contributed by atoms with Crippen molar-refractivity contribution in [3.05, 3.63) is 34.9 Å². The number of benzene rings is 1. The van der Waals surface area contributed by atoms with Crippen LogP contribution in [0.2, 0.25) is 0 Å². The predicted octanol–water partition coefficient (Wildman–Crippen LogP) is 3.47. The molecule has 2 nitrogen and oxygen atoms in total. The molecule has 0 aliphatic heterocycles. The molecule has 0 atom stereocenters. The van der Waals surface area contributed by atoms with Crippen molar-refractivity contribution < 1.29 is 5.11 Å². The van der Waals surface area contributed by atoms with Crippen LogP contribution in [-0.4, -0.2) is 17.4 Å². The second-order valence-electron chi connectivity index (χ2n) is 3.86. The standard InChI is InChI=1S/C12H17N.C2H6O/c1-4-5-12(13)11-8-9(2)6-7-10(11)3;1-2-3/h6-8,13H,4-5H2,1-3H3;3H,2H2,1H3. The Hall–Kier alpha value is -1.15. The quantitative estimate of drug-likeness (QED) is 0.754. The maximum atomic E-state index is 7.87. The van der Waals surface area contributed by atoms with Crippen LogP contribution in [0.25, 0.3) is 0 Å². The van der Waals surface area contributed by atoms with E-state index in [0.29, 0.717) is 0 Å². The van der Waals surface area contributed by atoms with E-state index in [-0.39, 0.29) is 6.61 Å². The Bertz CT molecular complexity index is 332. The number of hydrogen-bond donors (Lipinski definition) is 2. The van der Waals surface area contributed by atoms with Gasteiger partial charge in [-0.05, 0) is 44.4 Å². The summed E-state index contributed by atoms with van der Waals surface area (Å²) in [4.78, 5) is 0. The van der Waals surface area contributed by atoms with Gasteiger partial charge >= 0.3 is 0 Å². The van der Waals surface area contributed by atoms with Crippen LogP contribution in [0, 0.1) is 19.3 Å². The Morgan fingerprint density at radius 2 is 1.81 bits per heavy atom. The van der Waals surface area contributed by atoms with Gasteiger partial charge in [0.15, 0.2) is 0 Å². The van der Waals surface area contributed by atoms with Crippen molar-refractivity contribution in [2.75, 3.05) is 6.61 Å². The molecule has 1 rings (SSSR count). The van der Waals surface area contributed by atoms with Gasteiger partial charge in [-0.25, -0.2) is 0 Å². The highest BCUT2D eigenvalue weighted by Gasteiger charge is 2.03. The summed E-state index contributed by atoms with van der Waals surface area (Å²) in [5.41, 5.74) is 4.33. The smallest absolute Gasteiger partial charge is 0.0402 e. The molecule has 0 heterocycles. The Kier molecular flexibility index (Phi) is 7.48. The van der Waals surface area contributed by atoms with Crippen LogP contribution in [0.15, 0.2) is 18.2 Å². The van der Waals surface area contributed by atoms with Gasteiger partial charge in [0.25, 0.3) is 0 Å². The van der Waals surface area contributed by atoms with Crippen LogP contribution in [0.3, 0.4) is 0 Å². The van der Waals surface area contributed by atoms with Crippen molar-refractivity contribution in [1.82, 2.24) is 0 Å². The fraction of sp³-hybridized carbons (Fsp3) is 0.500. The number of nitrogens with one attached hydrogen (secondary N) is 1. The average molecular weight is 221 g/mol. The van der Waals surface area contributed by atoms with Gasteiger partial charge in [0.1, 0.15) is 0 Å². The second-order valence-corrected chi connectivity index (χ2v) is 3.86. The summed E-state index contributed by atoms with van der Waals surface area (Å²) in [6.07, 6.45) is 1.93. The Morgan fingerprint density at radius 1 is 1.25 bits per heavy atom. The van der Waals surface area contributed by atoms with Crippen molar-refractivity contribution in [3.63, 3.8) is 0 Å². The van der Waals surface area contributed by atoms with E-state index in [0.717, 1.165) is 24.1 Å². The fourth-order valence-corrected chi connectivity index (χ4v) is 1.45. The van der Waals surface area contributed by atoms with E-state index in [4.69, 9.17) is 10.5 Å². The summed E-state index contributed by atoms with van der Waals surface area (Å²) in [5.74, 6) is 0. The molecule has 0 fully saturated rings. The largest absolute Gasteiger partial charge is 0.397 e. The van der Waals surface area contributed by atoms with Crippen molar-refractivity contribution >= 4 is 5.71 Å². The van der Waals surface area contributed by atoms with E-state index in [2.05, 4.69) is 39.0 Å². The first-order valence-electron chi connectivity index (χ1n) is 5.82. The summed E-state index contributed by atoms with van der Waals surface area (Å²) < 4.78 is 0. The molecule has 0 saturated heterocycles. The maximum Gasteiger partial charge on any atom is 0.0402 e. The van der Waals surface area contributed by atoms with Crippen LogP contribution in [0.1, 0.15) is 43.4 Å². The molecule has 2 heteroatoms.